The SMILES string of the molecule is COc1cc(Br)cc(NCc2cccc(Cl)c2F)c1. The van der Waals surface area contributed by atoms with Crippen LogP contribution in [-0.2, 0) is 6.54 Å². The highest BCUT2D eigenvalue weighted by molar-refractivity contribution is 9.10. The molecule has 0 aromatic heterocycles. The second kappa shape index (κ2) is 6.26. The second-order valence-electron chi connectivity index (χ2n) is 3.95. The average Bonchev–Trinajstić information content (AvgIpc) is 2.40. The lowest BCUT2D eigenvalue weighted by Gasteiger charge is -2.10. The molecule has 0 heterocycles. The van der Waals surface area contributed by atoms with Crippen LogP contribution < -0.4 is 10.1 Å². The van der Waals surface area contributed by atoms with E-state index in [1.165, 1.54) is 6.07 Å². The van der Waals surface area contributed by atoms with Crippen molar-refractivity contribution in [3.8, 4) is 5.75 Å². The van der Waals surface area contributed by atoms with E-state index in [2.05, 4.69) is 21.2 Å². The fourth-order valence-corrected chi connectivity index (χ4v) is 2.33. The third-order valence-corrected chi connectivity index (χ3v) is 3.37. The van der Waals surface area contributed by atoms with Crippen molar-refractivity contribution in [2.24, 2.45) is 0 Å². The van der Waals surface area contributed by atoms with Gasteiger partial charge in [0.1, 0.15) is 11.6 Å². The molecule has 0 saturated heterocycles. The zero-order chi connectivity index (χ0) is 13.8. The zero-order valence-electron chi connectivity index (χ0n) is 10.2. The smallest absolute Gasteiger partial charge is 0.146 e. The Morgan fingerprint density at radius 2 is 2.11 bits per heavy atom. The monoisotopic (exact) mass is 343 g/mol. The molecule has 0 radical (unpaired) electrons. The first-order valence-electron chi connectivity index (χ1n) is 5.61. The molecule has 1 N–H and O–H groups in total. The highest BCUT2D eigenvalue weighted by atomic mass is 79.9. The Morgan fingerprint density at radius 1 is 1.32 bits per heavy atom. The molecular weight excluding hydrogens is 333 g/mol. The van der Waals surface area contributed by atoms with Gasteiger partial charge < -0.3 is 10.1 Å². The van der Waals surface area contributed by atoms with E-state index in [-0.39, 0.29) is 5.02 Å². The van der Waals surface area contributed by atoms with Crippen LogP contribution in [0.15, 0.2) is 40.9 Å². The van der Waals surface area contributed by atoms with Crippen molar-refractivity contribution < 1.29 is 9.13 Å². The lowest BCUT2D eigenvalue weighted by molar-refractivity contribution is 0.414. The number of hydrogen-bond donors (Lipinski definition) is 1. The number of anilines is 1. The van der Waals surface area contributed by atoms with Crippen molar-refractivity contribution in [2.75, 3.05) is 12.4 Å². The summed E-state index contributed by atoms with van der Waals surface area (Å²) in [6, 6.07) is 10.5. The van der Waals surface area contributed by atoms with Gasteiger partial charge in [0.25, 0.3) is 0 Å². The van der Waals surface area contributed by atoms with Crippen LogP contribution in [-0.4, -0.2) is 7.11 Å². The van der Waals surface area contributed by atoms with Crippen LogP contribution in [0.2, 0.25) is 5.02 Å². The average molecular weight is 345 g/mol. The summed E-state index contributed by atoms with van der Waals surface area (Å²) in [5.74, 6) is 0.335. The van der Waals surface area contributed by atoms with Crippen LogP contribution in [0.1, 0.15) is 5.56 Å². The molecule has 0 unspecified atom stereocenters. The van der Waals surface area contributed by atoms with E-state index in [1.807, 2.05) is 18.2 Å². The van der Waals surface area contributed by atoms with E-state index in [4.69, 9.17) is 16.3 Å². The Hall–Kier alpha value is -1.26. The first kappa shape index (κ1) is 14.2. The van der Waals surface area contributed by atoms with Gasteiger partial charge in [0.05, 0.1) is 12.1 Å². The number of halogens is 3. The van der Waals surface area contributed by atoms with Crippen molar-refractivity contribution >= 4 is 33.2 Å². The molecule has 0 aliphatic rings. The quantitative estimate of drug-likeness (QED) is 0.855. The van der Waals surface area contributed by atoms with Crippen LogP contribution in [0.5, 0.6) is 5.75 Å². The minimum Gasteiger partial charge on any atom is -0.497 e. The van der Waals surface area contributed by atoms with Crippen LogP contribution in [0.3, 0.4) is 0 Å². The molecule has 0 fully saturated rings. The lowest BCUT2D eigenvalue weighted by Crippen LogP contribution is -2.02. The van der Waals surface area contributed by atoms with Crippen molar-refractivity contribution in [2.45, 2.75) is 6.54 Å². The molecule has 2 aromatic carbocycles. The third-order valence-electron chi connectivity index (χ3n) is 2.62. The summed E-state index contributed by atoms with van der Waals surface area (Å²) < 4.78 is 19.8. The van der Waals surface area contributed by atoms with Gasteiger partial charge >= 0.3 is 0 Å². The van der Waals surface area contributed by atoms with E-state index in [0.29, 0.717) is 12.1 Å². The molecule has 2 aromatic rings. The lowest BCUT2D eigenvalue weighted by atomic mass is 10.2. The Kier molecular flexibility index (Phi) is 4.66. The number of benzene rings is 2. The standard InChI is InChI=1S/C14H12BrClFNO/c1-19-12-6-10(15)5-11(7-12)18-8-9-3-2-4-13(16)14(9)17/h2-7,18H,8H2,1H3. The van der Waals surface area contributed by atoms with Gasteiger partial charge in [-0.2, -0.15) is 0 Å². The summed E-state index contributed by atoms with van der Waals surface area (Å²) in [7, 11) is 1.60. The summed E-state index contributed by atoms with van der Waals surface area (Å²) in [6.07, 6.45) is 0. The third kappa shape index (κ3) is 3.61. The van der Waals surface area contributed by atoms with E-state index in [0.717, 1.165) is 15.9 Å². The molecule has 0 aliphatic heterocycles. The van der Waals surface area contributed by atoms with Gasteiger partial charge in [0, 0.05) is 28.3 Å². The minimum absolute atomic E-state index is 0.131. The largest absolute Gasteiger partial charge is 0.497 e. The van der Waals surface area contributed by atoms with E-state index in [9.17, 15) is 4.39 Å². The first-order chi connectivity index (χ1) is 9.10. The maximum atomic E-state index is 13.7. The molecule has 2 nitrogen and oxygen atoms in total. The fraction of sp³-hybridized carbons (Fsp3) is 0.143. The van der Waals surface area contributed by atoms with Crippen molar-refractivity contribution in [1.82, 2.24) is 0 Å². The fourth-order valence-electron chi connectivity index (χ4n) is 1.66. The molecule has 0 aliphatic carbocycles. The van der Waals surface area contributed by atoms with E-state index < -0.39 is 5.82 Å². The molecule has 2 rings (SSSR count). The Labute approximate surface area is 124 Å². The number of methoxy groups -OCH3 is 1. The highest BCUT2D eigenvalue weighted by Gasteiger charge is 2.06. The summed E-state index contributed by atoms with van der Waals surface area (Å²) in [6.45, 7) is 0.353. The predicted molar refractivity (Wildman–Crippen MR) is 79.4 cm³/mol. The van der Waals surface area contributed by atoms with Gasteiger partial charge in [-0.15, -0.1) is 0 Å². The van der Waals surface area contributed by atoms with Crippen molar-refractivity contribution in [1.29, 1.82) is 0 Å². The minimum atomic E-state index is -0.390. The first-order valence-corrected chi connectivity index (χ1v) is 6.78. The van der Waals surface area contributed by atoms with Crippen LogP contribution in [0, 0.1) is 5.82 Å². The van der Waals surface area contributed by atoms with E-state index >= 15 is 0 Å². The topological polar surface area (TPSA) is 21.3 Å². The molecule has 100 valence electrons. The summed E-state index contributed by atoms with van der Waals surface area (Å²) in [5.41, 5.74) is 1.36. The van der Waals surface area contributed by atoms with Crippen LogP contribution in [0.25, 0.3) is 0 Å². The maximum Gasteiger partial charge on any atom is 0.146 e. The molecule has 0 saturated carbocycles. The molecular formula is C14H12BrClFNO. The van der Waals surface area contributed by atoms with Crippen LogP contribution >= 0.6 is 27.5 Å². The summed E-state index contributed by atoms with van der Waals surface area (Å²) >= 11 is 9.13. The highest BCUT2D eigenvalue weighted by Crippen LogP contribution is 2.25. The zero-order valence-corrected chi connectivity index (χ0v) is 12.6. The molecule has 0 bridgehead atoms. The predicted octanol–water partition coefficient (Wildman–Crippen LogP) is 4.86. The van der Waals surface area contributed by atoms with Gasteiger partial charge in [0.2, 0.25) is 0 Å². The molecule has 0 amide bonds. The summed E-state index contributed by atoms with van der Waals surface area (Å²) in [4.78, 5) is 0. The number of rotatable bonds is 4. The number of ether oxygens (including phenoxy) is 1. The number of nitrogens with one attached hydrogen (secondary N) is 1. The molecule has 0 spiro atoms. The second-order valence-corrected chi connectivity index (χ2v) is 5.27. The van der Waals surface area contributed by atoms with Gasteiger partial charge in [-0.05, 0) is 18.2 Å². The van der Waals surface area contributed by atoms with Crippen LogP contribution in [0.4, 0.5) is 10.1 Å². The Bertz CT molecular complexity index is 592. The maximum absolute atomic E-state index is 13.7. The van der Waals surface area contributed by atoms with E-state index in [1.54, 1.807) is 19.2 Å². The Balaban J connectivity index is 2.14. The van der Waals surface area contributed by atoms with Crippen molar-refractivity contribution in [3.63, 3.8) is 0 Å². The van der Waals surface area contributed by atoms with Crippen molar-refractivity contribution in [3.05, 3.63) is 57.3 Å². The molecule has 19 heavy (non-hydrogen) atoms. The molecule has 5 heteroatoms. The normalized spacial score (nSPS) is 10.3. The molecule has 0 atom stereocenters. The van der Waals surface area contributed by atoms with Gasteiger partial charge in [0.15, 0.2) is 0 Å². The van der Waals surface area contributed by atoms with Gasteiger partial charge in [-0.1, -0.05) is 39.7 Å². The van der Waals surface area contributed by atoms with Gasteiger partial charge in [-0.3, -0.25) is 0 Å². The number of hydrogen-bond acceptors (Lipinski definition) is 2. The van der Waals surface area contributed by atoms with Gasteiger partial charge in [-0.25, -0.2) is 4.39 Å². The Morgan fingerprint density at radius 3 is 2.84 bits per heavy atom. The summed E-state index contributed by atoms with van der Waals surface area (Å²) in [5, 5.41) is 3.27.